The number of carbonyl (C=O) groups is 2. The van der Waals surface area contributed by atoms with Crippen molar-refractivity contribution in [1.29, 1.82) is 0 Å². The SMILES string of the molecule is COc1cc(Br)cc(C(=O)N2CC(CNC(=O)C3(n4cccn4)CC3)C2)c1. The zero-order chi connectivity index (χ0) is 19.0. The van der Waals surface area contributed by atoms with Gasteiger partial charge in [-0.2, -0.15) is 5.10 Å². The van der Waals surface area contributed by atoms with E-state index in [1.165, 1.54) is 0 Å². The van der Waals surface area contributed by atoms with Crippen LogP contribution in [0, 0.1) is 5.92 Å². The third-order valence-corrected chi connectivity index (χ3v) is 5.70. The van der Waals surface area contributed by atoms with Crippen molar-refractivity contribution in [2.45, 2.75) is 18.4 Å². The summed E-state index contributed by atoms with van der Waals surface area (Å²) in [6.07, 6.45) is 5.17. The van der Waals surface area contributed by atoms with E-state index in [1.807, 2.05) is 18.3 Å². The Morgan fingerprint density at radius 1 is 1.33 bits per heavy atom. The van der Waals surface area contributed by atoms with Crippen LogP contribution in [0.2, 0.25) is 0 Å². The van der Waals surface area contributed by atoms with Crippen LogP contribution in [0.3, 0.4) is 0 Å². The summed E-state index contributed by atoms with van der Waals surface area (Å²) in [4.78, 5) is 26.9. The lowest BCUT2D eigenvalue weighted by Gasteiger charge is -2.39. The van der Waals surface area contributed by atoms with Crippen LogP contribution in [-0.2, 0) is 10.3 Å². The molecule has 1 N–H and O–H groups in total. The molecule has 7 nitrogen and oxygen atoms in total. The summed E-state index contributed by atoms with van der Waals surface area (Å²) in [5, 5.41) is 7.25. The molecule has 1 saturated heterocycles. The highest BCUT2D eigenvalue weighted by atomic mass is 79.9. The monoisotopic (exact) mass is 432 g/mol. The minimum atomic E-state index is -0.504. The molecule has 1 aromatic heterocycles. The fourth-order valence-corrected chi connectivity index (χ4v) is 3.93. The van der Waals surface area contributed by atoms with Gasteiger partial charge >= 0.3 is 0 Å². The molecule has 2 fully saturated rings. The maximum atomic E-state index is 12.6. The highest BCUT2D eigenvalue weighted by Crippen LogP contribution is 2.43. The van der Waals surface area contributed by atoms with Gasteiger partial charge in [0.15, 0.2) is 0 Å². The van der Waals surface area contributed by atoms with Gasteiger partial charge in [0.25, 0.3) is 5.91 Å². The number of ether oxygens (including phenoxy) is 1. The van der Waals surface area contributed by atoms with E-state index in [9.17, 15) is 9.59 Å². The average Bonchev–Trinajstić information content (AvgIpc) is 3.25. The van der Waals surface area contributed by atoms with Gasteiger partial charge in [0.2, 0.25) is 5.91 Å². The second-order valence-corrected chi connectivity index (χ2v) is 8.06. The second kappa shape index (κ2) is 6.99. The maximum Gasteiger partial charge on any atom is 0.254 e. The molecule has 27 heavy (non-hydrogen) atoms. The number of amides is 2. The van der Waals surface area contributed by atoms with Crippen LogP contribution in [0.5, 0.6) is 5.75 Å². The number of methoxy groups -OCH3 is 1. The first-order valence-electron chi connectivity index (χ1n) is 8.94. The van der Waals surface area contributed by atoms with Gasteiger partial charge in [-0.1, -0.05) is 15.9 Å². The van der Waals surface area contributed by atoms with E-state index in [4.69, 9.17) is 4.74 Å². The molecule has 1 aromatic carbocycles. The Bertz CT molecular complexity index is 858. The van der Waals surface area contributed by atoms with Crippen molar-refractivity contribution in [3.05, 3.63) is 46.7 Å². The molecule has 1 aliphatic heterocycles. The largest absolute Gasteiger partial charge is 0.497 e. The Morgan fingerprint density at radius 3 is 2.74 bits per heavy atom. The van der Waals surface area contributed by atoms with Crippen LogP contribution in [0.4, 0.5) is 0 Å². The maximum absolute atomic E-state index is 12.6. The van der Waals surface area contributed by atoms with Crippen LogP contribution < -0.4 is 10.1 Å². The Labute approximate surface area is 165 Å². The van der Waals surface area contributed by atoms with Gasteiger partial charge in [0.1, 0.15) is 11.3 Å². The lowest BCUT2D eigenvalue weighted by Crippen LogP contribution is -2.54. The van der Waals surface area contributed by atoms with Crippen molar-refractivity contribution in [3.8, 4) is 5.75 Å². The molecule has 142 valence electrons. The number of rotatable bonds is 6. The van der Waals surface area contributed by atoms with Crippen LogP contribution in [0.15, 0.2) is 41.1 Å². The van der Waals surface area contributed by atoms with E-state index in [0.717, 1.165) is 17.3 Å². The number of hydrogen-bond acceptors (Lipinski definition) is 4. The Hall–Kier alpha value is -2.35. The third kappa shape index (κ3) is 3.45. The van der Waals surface area contributed by atoms with E-state index in [0.29, 0.717) is 30.9 Å². The summed E-state index contributed by atoms with van der Waals surface area (Å²) in [5.41, 5.74) is 0.0923. The highest BCUT2D eigenvalue weighted by molar-refractivity contribution is 9.10. The summed E-state index contributed by atoms with van der Waals surface area (Å²) >= 11 is 3.40. The molecule has 0 unspecified atom stereocenters. The normalized spacial score (nSPS) is 17.9. The molecule has 8 heteroatoms. The van der Waals surface area contributed by atoms with Crippen molar-refractivity contribution in [2.24, 2.45) is 5.92 Å². The first-order valence-corrected chi connectivity index (χ1v) is 9.73. The smallest absolute Gasteiger partial charge is 0.254 e. The lowest BCUT2D eigenvalue weighted by molar-refractivity contribution is -0.126. The zero-order valence-electron chi connectivity index (χ0n) is 15.0. The van der Waals surface area contributed by atoms with Gasteiger partial charge in [-0.3, -0.25) is 14.3 Å². The fraction of sp³-hybridized carbons (Fsp3) is 0.421. The Morgan fingerprint density at radius 2 is 2.11 bits per heavy atom. The summed E-state index contributed by atoms with van der Waals surface area (Å²) in [6.45, 7) is 1.86. The summed E-state index contributed by atoms with van der Waals surface area (Å²) in [6, 6.07) is 7.18. The van der Waals surface area contributed by atoms with Crippen LogP contribution in [0.1, 0.15) is 23.2 Å². The number of benzene rings is 1. The van der Waals surface area contributed by atoms with Crippen LogP contribution in [0.25, 0.3) is 0 Å². The second-order valence-electron chi connectivity index (χ2n) is 7.15. The molecule has 2 heterocycles. The standard InChI is InChI=1S/C19H21BrN4O3/c1-27-16-8-14(7-15(20)9-16)17(25)23-11-13(12-23)10-21-18(26)19(3-4-19)24-6-2-5-22-24/h2,5-9,13H,3-4,10-12H2,1H3,(H,21,26). The van der Waals surface area contributed by atoms with E-state index in [1.54, 1.807) is 35.0 Å². The van der Waals surface area contributed by atoms with E-state index in [2.05, 4.69) is 26.3 Å². The number of nitrogens with zero attached hydrogens (tertiary/aromatic N) is 3. The summed E-state index contributed by atoms with van der Waals surface area (Å²) in [5.74, 6) is 0.922. The topological polar surface area (TPSA) is 76.5 Å². The predicted molar refractivity (Wildman–Crippen MR) is 103 cm³/mol. The van der Waals surface area contributed by atoms with Crippen molar-refractivity contribution in [2.75, 3.05) is 26.7 Å². The Kier molecular flexibility index (Phi) is 4.67. The first-order chi connectivity index (χ1) is 13.0. The molecule has 0 bridgehead atoms. The first kappa shape index (κ1) is 18.0. The minimum Gasteiger partial charge on any atom is -0.497 e. The number of nitrogens with one attached hydrogen (secondary N) is 1. The lowest BCUT2D eigenvalue weighted by atomic mass is 9.98. The fourth-order valence-electron chi connectivity index (χ4n) is 3.45. The van der Waals surface area contributed by atoms with Crippen LogP contribution in [-0.4, -0.2) is 53.2 Å². The van der Waals surface area contributed by atoms with E-state index >= 15 is 0 Å². The molecule has 2 aromatic rings. The number of hydrogen-bond donors (Lipinski definition) is 1. The van der Waals surface area contributed by atoms with Gasteiger partial charge < -0.3 is 15.0 Å². The van der Waals surface area contributed by atoms with Crippen molar-refractivity contribution >= 4 is 27.7 Å². The summed E-state index contributed by atoms with van der Waals surface area (Å²) in [7, 11) is 1.58. The molecular formula is C19H21BrN4O3. The molecule has 0 radical (unpaired) electrons. The quantitative estimate of drug-likeness (QED) is 0.757. The van der Waals surface area contributed by atoms with Gasteiger partial charge in [-0.15, -0.1) is 0 Å². The molecule has 2 aliphatic rings. The van der Waals surface area contributed by atoms with Gasteiger partial charge in [0.05, 0.1) is 7.11 Å². The van der Waals surface area contributed by atoms with Crippen LogP contribution >= 0.6 is 15.9 Å². The molecule has 0 spiro atoms. The average molecular weight is 433 g/mol. The molecule has 0 atom stereocenters. The van der Waals surface area contributed by atoms with Crippen molar-refractivity contribution in [3.63, 3.8) is 0 Å². The van der Waals surface area contributed by atoms with Gasteiger partial charge in [0, 0.05) is 48.0 Å². The molecule has 4 rings (SSSR count). The third-order valence-electron chi connectivity index (χ3n) is 5.24. The predicted octanol–water partition coefficient (Wildman–Crippen LogP) is 2.03. The molecule has 1 aliphatic carbocycles. The zero-order valence-corrected chi connectivity index (χ0v) is 16.6. The highest BCUT2D eigenvalue weighted by Gasteiger charge is 2.52. The molecule has 2 amide bonds. The Balaban J connectivity index is 1.28. The molecular weight excluding hydrogens is 412 g/mol. The number of likely N-dealkylation sites (tertiary alicyclic amines) is 1. The van der Waals surface area contributed by atoms with Crippen molar-refractivity contribution in [1.82, 2.24) is 20.0 Å². The number of aromatic nitrogens is 2. The van der Waals surface area contributed by atoms with Crippen molar-refractivity contribution < 1.29 is 14.3 Å². The van der Waals surface area contributed by atoms with Gasteiger partial charge in [-0.25, -0.2) is 0 Å². The van der Waals surface area contributed by atoms with Gasteiger partial charge in [-0.05, 0) is 37.1 Å². The molecule has 1 saturated carbocycles. The van der Waals surface area contributed by atoms with E-state index in [-0.39, 0.29) is 17.7 Å². The summed E-state index contributed by atoms with van der Waals surface area (Å²) < 4.78 is 7.77. The number of carbonyl (C=O) groups excluding carboxylic acids is 2. The minimum absolute atomic E-state index is 0.0209. The van der Waals surface area contributed by atoms with E-state index < -0.39 is 5.54 Å². The number of halogens is 1.